The minimum absolute atomic E-state index is 0.140. The molecule has 0 amide bonds. The minimum Gasteiger partial charge on any atom is -0.363 e. The maximum absolute atomic E-state index is 12.9. The molecule has 1 aliphatic heterocycles. The molecule has 1 aliphatic rings. The van der Waals surface area contributed by atoms with Crippen LogP contribution in [0.2, 0.25) is 0 Å². The fourth-order valence-electron chi connectivity index (χ4n) is 3.33. The van der Waals surface area contributed by atoms with Crippen molar-refractivity contribution in [3.63, 3.8) is 0 Å². The molecule has 1 fully saturated rings. The van der Waals surface area contributed by atoms with Gasteiger partial charge in [0, 0.05) is 37.7 Å². The van der Waals surface area contributed by atoms with Gasteiger partial charge in [-0.2, -0.15) is 18.2 Å². The van der Waals surface area contributed by atoms with Crippen molar-refractivity contribution in [2.75, 3.05) is 31.1 Å². The SMILES string of the molecule is C[C@@H](c1nc(C(C)(C)C)no1)N1CCN(c2ccc(C(F)(F)F)cc2[N+](=O)[O-])CC1. The molecule has 8 nitrogen and oxygen atoms in total. The maximum atomic E-state index is 12.9. The van der Waals surface area contributed by atoms with Gasteiger partial charge in [-0.05, 0) is 19.1 Å². The summed E-state index contributed by atoms with van der Waals surface area (Å²) in [7, 11) is 0. The standard InChI is InChI=1S/C19H24F3N5O3/c1-12(16-23-17(24-30-16)18(2,3)4)25-7-9-26(10-8-25)14-6-5-13(19(20,21)22)11-15(14)27(28)29/h5-6,11-12H,7-10H2,1-4H3/t12-/m0/s1. The van der Waals surface area contributed by atoms with Crippen LogP contribution in [0.3, 0.4) is 0 Å². The molecule has 0 radical (unpaired) electrons. The van der Waals surface area contributed by atoms with Gasteiger partial charge in [0.25, 0.3) is 5.69 Å². The predicted octanol–water partition coefficient (Wildman–Crippen LogP) is 4.18. The molecule has 0 unspecified atom stereocenters. The van der Waals surface area contributed by atoms with E-state index < -0.39 is 22.4 Å². The second kappa shape index (κ2) is 7.86. The average molecular weight is 427 g/mol. The van der Waals surface area contributed by atoms with E-state index in [2.05, 4.69) is 15.0 Å². The Labute approximate surface area is 171 Å². The molecule has 0 bridgehead atoms. The smallest absolute Gasteiger partial charge is 0.363 e. The highest BCUT2D eigenvalue weighted by molar-refractivity contribution is 5.65. The van der Waals surface area contributed by atoms with Gasteiger partial charge in [0.15, 0.2) is 5.82 Å². The molecule has 1 saturated heterocycles. The van der Waals surface area contributed by atoms with Crippen molar-refractivity contribution < 1.29 is 22.6 Å². The Balaban J connectivity index is 1.72. The van der Waals surface area contributed by atoms with E-state index in [0.717, 1.165) is 6.07 Å². The topological polar surface area (TPSA) is 88.5 Å². The molecule has 0 spiro atoms. The van der Waals surface area contributed by atoms with E-state index in [-0.39, 0.29) is 17.1 Å². The number of nitro groups is 1. The maximum Gasteiger partial charge on any atom is 0.416 e. The molecule has 2 aromatic rings. The van der Waals surface area contributed by atoms with E-state index in [4.69, 9.17) is 4.52 Å². The molecule has 0 aliphatic carbocycles. The first-order valence-corrected chi connectivity index (χ1v) is 9.56. The van der Waals surface area contributed by atoms with Crippen LogP contribution in [0.5, 0.6) is 0 Å². The first-order chi connectivity index (χ1) is 13.9. The van der Waals surface area contributed by atoms with Crippen LogP contribution >= 0.6 is 0 Å². The molecule has 30 heavy (non-hydrogen) atoms. The Morgan fingerprint density at radius 3 is 2.30 bits per heavy atom. The van der Waals surface area contributed by atoms with Gasteiger partial charge in [0.05, 0.1) is 16.5 Å². The lowest BCUT2D eigenvalue weighted by Crippen LogP contribution is -2.47. The highest BCUT2D eigenvalue weighted by Crippen LogP contribution is 2.37. The summed E-state index contributed by atoms with van der Waals surface area (Å²) < 4.78 is 44.2. The quantitative estimate of drug-likeness (QED) is 0.534. The minimum atomic E-state index is -4.63. The molecule has 0 N–H and O–H groups in total. The van der Waals surface area contributed by atoms with Gasteiger partial charge in [-0.15, -0.1) is 0 Å². The number of aromatic nitrogens is 2. The molecule has 1 atom stereocenters. The fourth-order valence-corrected chi connectivity index (χ4v) is 3.33. The summed E-state index contributed by atoms with van der Waals surface area (Å²) in [5.41, 5.74) is -1.62. The summed E-state index contributed by atoms with van der Waals surface area (Å²) in [4.78, 5) is 18.9. The van der Waals surface area contributed by atoms with Gasteiger partial charge in [-0.1, -0.05) is 25.9 Å². The van der Waals surface area contributed by atoms with E-state index in [1.54, 1.807) is 4.90 Å². The Bertz CT molecular complexity index is 915. The molecular weight excluding hydrogens is 403 g/mol. The van der Waals surface area contributed by atoms with Crippen LogP contribution in [0, 0.1) is 10.1 Å². The molecule has 164 valence electrons. The van der Waals surface area contributed by atoms with Crippen LogP contribution in [0.15, 0.2) is 22.7 Å². The zero-order chi connectivity index (χ0) is 22.3. The number of rotatable bonds is 4. The van der Waals surface area contributed by atoms with Gasteiger partial charge >= 0.3 is 6.18 Å². The first kappa shape index (κ1) is 22.0. The van der Waals surface area contributed by atoms with Crippen LogP contribution < -0.4 is 4.90 Å². The largest absolute Gasteiger partial charge is 0.416 e. The van der Waals surface area contributed by atoms with Crippen molar-refractivity contribution in [1.82, 2.24) is 15.0 Å². The van der Waals surface area contributed by atoms with Gasteiger partial charge in [0.2, 0.25) is 5.89 Å². The fraction of sp³-hybridized carbons (Fsp3) is 0.579. The summed E-state index contributed by atoms with van der Waals surface area (Å²) in [5.74, 6) is 1.11. The lowest BCUT2D eigenvalue weighted by atomic mass is 9.96. The summed E-state index contributed by atoms with van der Waals surface area (Å²) in [6.07, 6.45) is -4.63. The number of hydrogen-bond acceptors (Lipinski definition) is 7. The molecule has 0 saturated carbocycles. The van der Waals surface area contributed by atoms with Gasteiger partial charge in [-0.25, -0.2) is 0 Å². The second-order valence-electron chi connectivity index (χ2n) is 8.36. The van der Waals surface area contributed by atoms with E-state index in [1.165, 1.54) is 6.07 Å². The van der Waals surface area contributed by atoms with Crippen LogP contribution in [-0.4, -0.2) is 46.1 Å². The molecule has 1 aromatic carbocycles. The van der Waals surface area contributed by atoms with Gasteiger partial charge in [-0.3, -0.25) is 15.0 Å². The highest BCUT2D eigenvalue weighted by atomic mass is 19.4. The first-order valence-electron chi connectivity index (χ1n) is 9.56. The number of halogens is 3. The summed E-state index contributed by atoms with van der Waals surface area (Å²) in [6, 6.07) is 2.51. The number of benzene rings is 1. The third-order valence-corrected chi connectivity index (χ3v) is 5.17. The van der Waals surface area contributed by atoms with Crippen LogP contribution in [0.1, 0.15) is 51.0 Å². The lowest BCUT2D eigenvalue weighted by molar-refractivity contribution is -0.384. The van der Waals surface area contributed by atoms with Crippen molar-refractivity contribution in [2.24, 2.45) is 0 Å². The molecule has 1 aromatic heterocycles. The second-order valence-corrected chi connectivity index (χ2v) is 8.36. The highest BCUT2D eigenvalue weighted by Gasteiger charge is 2.35. The Hall–Kier alpha value is -2.69. The average Bonchev–Trinajstić information content (AvgIpc) is 3.17. The normalized spacial score (nSPS) is 17.2. The van der Waals surface area contributed by atoms with Crippen LogP contribution in [-0.2, 0) is 11.6 Å². The Morgan fingerprint density at radius 1 is 1.17 bits per heavy atom. The van der Waals surface area contributed by atoms with Crippen LogP contribution in [0.25, 0.3) is 0 Å². The van der Waals surface area contributed by atoms with Crippen molar-refractivity contribution >= 4 is 11.4 Å². The zero-order valence-electron chi connectivity index (χ0n) is 17.2. The molecule has 2 heterocycles. The van der Waals surface area contributed by atoms with Crippen molar-refractivity contribution in [3.8, 4) is 0 Å². The molecule has 11 heteroatoms. The van der Waals surface area contributed by atoms with E-state index >= 15 is 0 Å². The van der Waals surface area contributed by atoms with Crippen LogP contribution in [0.4, 0.5) is 24.5 Å². The zero-order valence-corrected chi connectivity index (χ0v) is 17.2. The van der Waals surface area contributed by atoms with Crippen molar-refractivity contribution in [2.45, 2.75) is 45.3 Å². The van der Waals surface area contributed by atoms with E-state index in [9.17, 15) is 23.3 Å². The number of nitro benzene ring substituents is 1. The number of alkyl halides is 3. The molecular formula is C19H24F3N5O3. The predicted molar refractivity (Wildman–Crippen MR) is 103 cm³/mol. The lowest BCUT2D eigenvalue weighted by Gasteiger charge is -2.37. The number of nitrogens with zero attached hydrogens (tertiary/aromatic N) is 5. The van der Waals surface area contributed by atoms with E-state index in [1.807, 2.05) is 27.7 Å². The number of hydrogen-bond donors (Lipinski definition) is 0. The van der Waals surface area contributed by atoms with Gasteiger partial charge in [0.1, 0.15) is 5.69 Å². The van der Waals surface area contributed by atoms with Gasteiger partial charge < -0.3 is 9.42 Å². The summed E-state index contributed by atoms with van der Waals surface area (Å²) >= 11 is 0. The van der Waals surface area contributed by atoms with Crippen molar-refractivity contribution in [1.29, 1.82) is 0 Å². The monoisotopic (exact) mass is 427 g/mol. The summed E-state index contributed by atoms with van der Waals surface area (Å²) in [6.45, 7) is 9.86. The third kappa shape index (κ3) is 4.55. The number of anilines is 1. The summed E-state index contributed by atoms with van der Waals surface area (Å²) in [5, 5.41) is 15.4. The Kier molecular flexibility index (Phi) is 5.76. The number of piperazine rings is 1. The molecule has 3 rings (SSSR count). The third-order valence-electron chi connectivity index (χ3n) is 5.17. The van der Waals surface area contributed by atoms with E-state index in [0.29, 0.717) is 44.0 Å². The van der Waals surface area contributed by atoms with Crippen molar-refractivity contribution in [3.05, 3.63) is 45.6 Å². The Morgan fingerprint density at radius 2 is 1.80 bits per heavy atom.